The molecular weight excluding hydrogens is 226 g/mol. The Bertz CT molecular complexity index is 442. The van der Waals surface area contributed by atoms with Gasteiger partial charge in [0.2, 0.25) is 5.91 Å². The highest BCUT2D eigenvalue weighted by molar-refractivity contribution is 5.78. The summed E-state index contributed by atoms with van der Waals surface area (Å²) in [6.07, 6.45) is 1.66. The van der Waals surface area contributed by atoms with E-state index in [-0.39, 0.29) is 5.91 Å². The largest absolute Gasteiger partial charge is 0.491 e. The Hall–Kier alpha value is -1.51. The lowest BCUT2D eigenvalue weighted by molar-refractivity contribution is -0.129. The molecule has 1 aliphatic heterocycles. The van der Waals surface area contributed by atoms with Crippen LogP contribution in [0.3, 0.4) is 0 Å². The molecule has 0 aromatic heterocycles. The molecule has 1 aromatic carbocycles. The van der Waals surface area contributed by atoms with Crippen LogP contribution in [0.5, 0.6) is 5.75 Å². The Balaban J connectivity index is 1.89. The van der Waals surface area contributed by atoms with Crippen LogP contribution in [-0.4, -0.2) is 30.0 Å². The zero-order valence-corrected chi connectivity index (χ0v) is 11.4. The summed E-state index contributed by atoms with van der Waals surface area (Å²) in [5.41, 5.74) is 2.41. The van der Waals surface area contributed by atoms with Crippen LogP contribution in [0.4, 0.5) is 0 Å². The minimum Gasteiger partial charge on any atom is -0.491 e. The molecule has 98 valence electrons. The molecule has 1 aromatic rings. The normalized spacial score (nSPS) is 19.4. The van der Waals surface area contributed by atoms with Gasteiger partial charge in [-0.2, -0.15) is 0 Å². The maximum Gasteiger partial charge on any atom is 0.223 e. The van der Waals surface area contributed by atoms with Crippen LogP contribution in [0, 0.1) is 13.8 Å². The van der Waals surface area contributed by atoms with E-state index in [1.807, 2.05) is 17.0 Å². The SMILES string of the molecule is Cc1cccc(OCCN2C(=O)CC[C@@H]2C)c1C. The van der Waals surface area contributed by atoms with Gasteiger partial charge in [0.15, 0.2) is 0 Å². The average Bonchev–Trinajstić information content (AvgIpc) is 2.66. The molecule has 0 radical (unpaired) electrons. The standard InChI is InChI=1S/C15H21NO2/c1-11-5-4-6-14(13(11)3)18-10-9-16-12(2)7-8-15(16)17/h4-6,12H,7-10H2,1-3H3/t12-/m0/s1. The Kier molecular flexibility index (Phi) is 3.90. The minimum atomic E-state index is 0.257. The van der Waals surface area contributed by atoms with Crippen molar-refractivity contribution in [2.45, 2.75) is 39.7 Å². The first-order chi connectivity index (χ1) is 8.59. The van der Waals surface area contributed by atoms with Crippen LogP contribution in [0.2, 0.25) is 0 Å². The third-order valence-electron chi connectivity index (χ3n) is 3.77. The molecule has 2 rings (SSSR count). The summed E-state index contributed by atoms with van der Waals surface area (Å²) >= 11 is 0. The number of ether oxygens (including phenoxy) is 1. The van der Waals surface area contributed by atoms with Crippen LogP contribution >= 0.6 is 0 Å². The minimum absolute atomic E-state index is 0.257. The molecule has 1 saturated heterocycles. The van der Waals surface area contributed by atoms with E-state index in [0.29, 0.717) is 25.6 Å². The highest BCUT2D eigenvalue weighted by atomic mass is 16.5. The molecule has 0 aliphatic carbocycles. The third kappa shape index (κ3) is 2.66. The molecule has 18 heavy (non-hydrogen) atoms. The Morgan fingerprint density at radius 1 is 1.39 bits per heavy atom. The van der Waals surface area contributed by atoms with Crippen LogP contribution in [0.1, 0.15) is 30.9 Å². The molecule has 3 nitrogen and oxygen atoms in total. The van der Waals surface area contributed by atoms with E-state index >= 15 is 0 Å². The molecule has 0 N–H and O–H groups in total. The second kappa shape index (κ2) is 5.42. The molecule has 1 atom stereocenters. The van der Waals surface area contributed by atoms with Gasteiger partial charge in [0.05, 0.1) is 6.54 Å². The van der Waals surface area contributed by atoms with Gasteiger partial charge in [0.1, 0.15) is 12.4 Å². The van der Waals surface area contributed by atoms with Crippen LogP contribution in [0.25, 0.3) is 0 Å². The van der Waals surface area contributed by atoms with E-state index in [2.05, 4.69) is 26.8 Å². The fraction of sp³-hybridized carbons (Fsp3) is 0.533. The smallest absolute Gasteiger partial charge is 0.223 e. The number of benzene rings is 1. The molecule has 1 fully saturated rings. The molecular formula is C15H21NO2. The van der Waals surface area contributed by atoms with Gasteiger partial charge in [-0.25, -0.2) is 0 Å². The monoisotopic (exact) mass is 247 g/mol. The Morgan fingerprint density at radius 3 is 2.83 bits per heavy atom. The zero-order chi connectivity index (χ0) is 13.1. The second-order valence-corrected chi connectivity index (χ2v) is 5.02. The van der Waals surface area contributed by atoms with Gasteiger partial charge in [-0.1, -0.05) is 12.1 Å². The molecule has 1 aliphatic rings. The highest BCUT2D eigenvalue weighted by Crippen LogP contribution is 2.21. The predicted octanol–water partition coefficient (Wildman–Crippen LogP) is 2.69. The summed E-state index contributed by atoms with van der Waals surface area (Å²) in [5, 5.41) is 0. The molecule has 0 spiro atoms. The Labute approximate surface area is 109 Å². The number of nitrogens with zero attached hydrogens (tertiary/aromatic N) is 1. The number of rotatable bonds is 4. The van der Waals surface area contributed by atoms with Crippen molar-refractivity contribution in [1.29, 1.82) is 0 Å². The van der Waals surface area contributed by atoms with E-state index in [0.717, 1.165) is 12.2 Å². The first-order valence-electron chi connectivity index (χ1n) is 6.58. The lowest BCUT2D eigenvalue weighted by Gasteiger charge is -2.22. The number of amides is 1. The average molecular weight is 247 g/mol. The quantitative estimate of drug-likeness (QED) is 0.818. The maximum atomic E-state index is 11.6. The zero-order valence-electron chi connectivity index (χ0n) is 11.4. The first-order valence-corrected chi connectivity index (χ1v) is 6.58. The van der Waals surface area contributed by atoms with E-state index in [1.54, 1.807) is 0 Å². The first kappa shape index (κ1) is 12.9. The fourth-order valence-electron chi connectivity index (χ4n) is 2.36. The third-order valence-corrected chi connectivity index (χ3v) is 3.77. The summed E-state index contributed by atoms with van der Waals surface area (Å²) in [6, 6.07) is 6.42. The number of carbonyl (C=O) groups is 1. The fourth-order valence-corrected chi connectivity index (χ4v) is 2.36. The summed E-state index contributed by atoms with van der Waals surface area (Å²) in [6.45, 7) is 7.50. The van der Waals surface area contributed by atoms with Gasteiger partial charge in [-0.15, -0.1) is 0 Å². The molecule has 3 heteroatoms. The lowest BCUT2D eigenvalue weighted by atomic mass is 10.1. The lowest BCUT2D eigenvalue weighted by Crippen LogP contribution is -2.34. The van der Waals surface area contributed by atoms with Gasteiger partial charge >= 0.3 is 0 Å². The van der Waals surface area contributed by atoms with Crippen LogP contribution in [0.15, 0.2) is 18.2 Å². The van der Waals surface area contributed by atoms with E-state index < -0.39 is 0 Å². The molecule has 0 bridgehead atoms. The van der Waals surface area contributed by atoms with Crippen molar-refractivity contribution in [3.05, 3.63) is 29.3 Å². The van der Waals surface area contributed by atoms with E-state index in [9.17, 15) is 4.79 Å². The Morgan fingerprint density at radius 2 is 2.17 bits per heavy atom. The molecule has 0 unspecified atom stereocenters. The topological polar surface area (TPSA) is 29.5 Å². The molecule has 0 saturated carbocycles. The maximum absolute atomic E-state index is 11.6. The van der Waals surface area contributed by atoms with Crippen molar-refractivity contribution >= 4 is 5.91 Å². The molecule has 1 amide bonds. The van der Waals surface area contributed by atoms with Crippen molar-refractivity contribution in [2.24, 2.45) is 0 Å². The van der Waals surface area contributed by atoms with Crippen molar-refractivity contribution in [1.82, 2.24) is 4.90 Å². The summed E-state index contributed by atoms with van der Waals surface area (Å²) < 4.78 is 5.78. The number of likely N-dealkylation sites (tertiary alicyclic amines) is 1. The number of hydrogen-bond donors (Lipinski definition) is 0. The van der Waals surface area contributed by atoms with Crippen LogP contribution < -0.4 is 4.74 Å². The molecule has 1 heterocycles. The second-order valence-electron chi connectivity index (χ2n) is 5.02. The number of aryl methyl sites for hydroxylation is 1. The van der Waals surface area contributed by atoms with Crippen LogP contribution in [-0.2, 0) is 4.79 Å². The van der Waals surface area contributed by atoms with Gasteiger partial charge in [0, 0.05) is 12.5 Å². The summed E-state index contributed by atoms with van der Waals surface area (Å²) in [5.74, 6) is 1.18. The summed E-state index contributed by atoms with van der Waals surface area (Å²) in [4.78, 5) is 13.5. The van der Waals surface area contributed by atoms with E-state index in [1.165, 1.54) is 11.1 Å². The van der Waals surface area contributed by atoms with Crippen molar-refractivity contribution in [2.75, 3.05) is 13.2 Å². The number of hydrogen-bond acceptors (Lipinski definition) is 2. The van der Waals surface area contributed by atoms with Gasteiger partial charge < -0.3 is 9.64 Å². The van der Waals surface area contributed by atoms with Crippen molar-refractivity contribution < 1.29 is 9.53 Å². The van der Waals surface area contributed by atoms with Crippen molar-refractivity contribution in [3.8, 4) is 5.75 Å². The van der Waals surface area contributed by atoms with E-state index in [4.69, 9.17) is 4.74 Å². The number of carbonyl (C=O) groups excluding carboxylic acids is 1. The van der Waals surface area contributed by atoms with Gasteiger partial charge in [-0.3, -0.25) is 4.79 Å². The van der Waals surface area contributed by atoms with Gasteiger partial charge in [-0.05, 0) is 44.4 Å². The predicted molar refractivity (Wildman–Crippen MR) is 71.8 cm³/mol. The van der Waals surface area contributed by atoms with Crippen molar-refractivity contribution in [3.63, 3.8) is 0 Å². The van der Waals surface area contributed by atoms with Gasteiger partial charge in [0.25, 0.3) is 0 Å². The summed E-state index contributed by atoms with van der Waals surface area (Å²) in [7, 11) is 0. The highest BCUT2D eigenvalue weighted by Gasteiger charge is 2.26.